The monoisotopic (exact) mass is 184 g/mol. The van der Waals surface area contributed by atoms with Gasteiger partial charge < -0.3 is 0 Å². The van der Waals surface area contributed by atoms with Gasteiger partial charge in [0.05, 0.1) is 0 Å². The molecule has 0 aromatic carbocycles. The molecule has 0 atom stereocenters. The molecule has 4 heteroatoms. The lowest BCUT2D eigenvalue weighted by molar-refractivity contribution is -0.144. The van der Waals surface area contributed by atoms with Crippen LogP contribution < -0.4 is 5.43 Å². The molecule has 1 aliphatic rings. The molecule has 1 aliphatic heterocycles. The molecule has 0 aromatic rings. The Hall–Kier alpha value is -1.06. The van der Waals surface area contributed by atoms with Gasteiger partial charge in [-0.25, -0.2) is 0 Å². The summed E-state index contributed by atoms with van der Waals surface area (Å²) in [5.74, 6) is -0.134. The van der Waals surface area contributed by atoms with Crippen LogP contribution in [0.1, 0.15) is 33.1 Å². The van der Waals surface area contributed by atoms with Crippen molar-refractivity contribution in [3.05, 3.63) is 0 Å². The van der Waals surface area contributed by atoms with Crippen LogP contribution in [0.5, 0.6) is 0 Å². The van der Waals surface area contributed by atoms with Crippen molar-refractivity contribution in [2.24, 2.45) is 5.92 Å². The van der Waals surface area contributed by atoms with E-state index >= 15 is 0 Å². The molecular weight excluding hydrogens is 168 g/mol. The minimum atomic E-state index is -0.0877. The summed E-state index contributed by atoms with van der Waals surface area (Å²) >= 11 is 0. The van der Waals surface area contributed by atoms with E-state index in [9.17, 15) is 9.59 Å². The summed E-state index contributed by atoms with van der Waals surface area (Å²) in [6, 6.07) is 0. The average molecular weight is 184 g/mol. The second kappa shape index (κ2) is 4.25. The topological polar surface area (TPSA) is 49.4 Å². The third kappa shape index (κ3) is 2.72. The van der Waals surface area contributed by atoms with Gasteiger partial charge >= 0.3 is 0 Å². The van der Waals surface area contributed by atoms with Crippen molar-refractivity contribution < 1.29 is 9.59 Å². The molecule has 0 radical (unpaired) electrons. The summed E-state index contributed by atoms with van der Waals surface area (Å²) < 4.78 is 0. The van der Waals surface area contributed by atoms with E-state index in [1.807, 2.05) is 13.8 Å². The number of nitrogens with one attached hydrogen (secondary N) is 1. The Labute approximate surface area is 78.3 Å². The zero-order chi connectivity index (χ0) is 9.84. The Morgan fingerprint density at radius 1 is 1.46 bits per heavy atom. The number of hydrazine groups is 1. The fourth-order valence-electron chi connectivity index (χ4n) is 1.19. The summed E-state index contributed by atoms with van der Waals surface area (Å²) in [5.41, 5.74) is 2.61. The van der Waals surface area contributed by atoms with E-state index in [-0.39, 0.29) is 17.7 Å². The Kier molecular flexibility index (Phi) is 3.28. The molecule has 1 fully saturated rings. The predicted octanol–water partition coefficient (Wildman–Crippen LogP) is 0.686. The number of hydrogen-bond donors (Lipinski definition) is 1. The number of amides is 2. The maximum Gasteiger partial charge on any atom is 0.241 e. The largest absolute Gasteiger partial charge is 0.273 e. The minimum absolute atomic E-state index is 0.0280. The zero-order valence-corrected chi connectivity index (χ0v) is 8.17. The van der Waals surface area contributed by atoms with Gasteiger partial charge in [-0.1, -0.05) is 13.8 Å². The van der Waals surface area contributed by atoms with E-state index in [2.05, 4.69) is 5.43 Å². The molecule has 0 saturated carbocycles. The molecule has 1 saturated heterocycles. The Morgan fingerprint density at radius 2 is 2.15 bits per heavy atom. The summed E-state index contributed by atoms with van der Waals surface area (Å²) in [6.45, 7) is 4.27. The summed E-state index contributed by atoms with van der Waals surface area (Å²) in [4.78, 5) is 22.5. The van der Waals surface area contributed by atoms with Crippen LogP contribution in [0, 0.1) is 5.92 Å². The first kappa shape index (κ1) is 10.0. The third-order valence-corrected chi connectivity index (χ3v) is 2.09. The number of carbonyl (C=O) groups is 2. The number of nitrogens with zero attached hydrogens (tertiary/aromatic N) is 1. The number of piperidine rings is 1. The molecule has 2 amide bonds. The van der Waals surface area contributed by atoms with Crippen LogP contribution in [0.3, 0.4) is 0 Å². The molecule has 13 heavy (non-hydrogen) atoms. The molecule has 0 aliphatic carbocycles. The number of hydrogen-bond acceptors (Lipinski definition) is 2. The SMILES string of the molecule is CC(C)C(=O)NN1CCCCC1=O. The predicted molar refractivity (Wildman–Crippen MR) is 48.5 cm³/mol. The standard InChI is InChI=1S/C9H16N2O2/c1-7(2)9(13)10-11-6-4-3-5-8(11)12/h7H,3-6H2,1-2H3,(H,10,13). The van der Waals surface area contributed by atoms with Gasteiger partial charge in [-0.15, -0.1) is 0 Å². The van der Waals surface area contributed by atoms with Crippen LogP contribution in [0.2, 0.25) is 0 Å². The normalized spacial score (nSPS) is 17.8. The van der Waals surface area contributed by atoms with Gasteiger partial charge in [0.25, 0.3) is 0 Å². The van der Waals surface area contributed by atoms with Crippen molar-refractivity contribution in [1.29, 1.82) is 0 Å². The average Bonchev–Trinajstić information content (AvgIpc) is 2.08. The molecule has 0 aromatic heterocycles. The Morgan fingerprint density at radius 3 is 2.69 bits per heavy atom. The van der Waals surface area contributed by atoms with Crippen molar-refractivity contribution in [1.82, 2.24) is 10.4 Å². The number of rotatable bonds is 2. The third-order valence-electron chi connectivity index (χ3n) is 2.09. The zero-order valence-electron chi connectivity index (χ0n) is 8.17. The van der Waals surface area contributed by atoms with E-state index in [1.54, 1.807) is 0 Å². The highest BCUT2D eigenvalue weighted by atomic mass is 16.2. The molecule has 1 heterocycles. The van der Waals surface area contributed by atoms with E-state index in [1.165, 1.54) is 5.01 Å². The fourth-order valence-corrected chi connectivity index (χ4v) is 1.19. The van der Waals surface area contributed by atoms with Gasteiger partial charge in [0.15, 0.2) is 0 Å². The van der Waals surface area contributed by atoms with Gasteiger partial charge in [-0.05, 0) is 12.8 Å². The first-order valence-electron chi connectivity index (χ1n) is 4.72. The van der Waals surface area contributed by atoms with Crippen LogP contribution >= 0.6 is 0 Å². The molecule has 0 spiro atoms. The highest BCUT2D eigenvalue weighted by Gasteiger charge is 2.20. The summed E-state index contributed by atoms with van der Waals surface area (Å²) in [6.07, 6.45) is 2.47. The molecule has 4 nitrogen and oxygen atoms in total. The van der Waals surface area contributed by atoms with E-state index in [4.69, 9.17) is 0 Å². The second-order valence-electron chi connectivity index (χ2n) is 3.63. The minimum Gasteiger partial charge on any atom is -0.273 e. The Bertz CT molecular complexity index is 214. The summed E-state index contributed by atoms with van der Waals surface area (Å²) in [5, 5.41) is 1.44. The van der Waals surface area contributed by atoms with Crippen LogP contribution in [-0.2, 0) is 9.59 Å². The van der Waals surface area contributed by atoms with Crippen molar-refractivity contribution in [2.45, 2.75) is 33.1 Å². The molecule has 1 rings (SSSR count). The highest BCUT2D eigenvalue weighted by molar-refractivity contribution is 5.83. The van der Waals surface area contributed by atoms with Gasteiger partial charge in [-0.2, -0.15) is 0 Å². The lowest BCUT2D eigenvalue weighted by atomic mass is 10.1. The van der Waals surface area contributed by atoms with Gasteiger partial charge in [0.1, 0.15) is 0 Å². The van der Waals surface area contributed by atoms with Crippen molar-refractivity contribution in [2.75, 3.05) is 6.54 Å². The Balaban J connectivity index is 2.43. The van der Waals surface area contributed by atoms with Gasteiger partial charge in [0.2, 0.25) is 11.8 Å². The molecule has 0 bridgehead atoms. The fraction of sp³-hybridized carbons (Fsp3) is 0.778. The maximum atomic E-state index is 11.3. The van der Waals surface area contributed by atoms with Gasteiger partial charge in [-0.3, -0.25) is 20.0 Å². The van der Waals surface area contributed by atoms with Crippen LogP contribution in [-0.4, -0.2) is 23.4 Å². The molecule has 0 unspecified atom stereocenters. The van der Waals surface area contributed by atoms with Crippen LogP contribution in [0.25, 0.3) is 0 Å². The van der Waals surface area contributed by atoms with E-state index in [0.717, 1.165) is 12.8 Å². The first-order valence-corrected chi connectivity index (χ1v) is 4.72. The molecule has 1 N–H and O–H groups in total. The second-order valence-corrected chi connectivity index (χ2v) is 3.63. The van der Waals surface area contributed by atoms with Crippen LogP contribution in [0.15, 0.2) is 0 Å². The van der Waals surface area contributed by atoms with E-state index in [0.29, 0.717) is 13.0 Å². The quantitative estimate of drug-likeness (QED) is 0.686. The molecular formula is C9H16N2O2. The highest BCUT2D eigenvalue weighted by Crippen LogP contribution is 2.08. The number of carbonyl (C=O) groups excluding carboxylic acids is 2. The maximum absolute atomic E-state index is 11.3. The first-order chi connectivity index (χ1) is 6.11. The van der Waals surface area contributed by atoms with Crippen molar-refractivity contribution in [3.63, 3.8) is 0 Å². The summed E-state index contributed by atoms with van der Waals surface area (Å²) in [7, 11) is 0. The lowest BCUT2D eigenvalue weighted by Gasteiger charge is -2.27. The van der Waals surface area contributed by atoms with Crippen molar-refractivity contribution in [3.8, 4) is 0 Å². The smallest absolute Gasteiger partial charge is 0.241 e. The lowest BCUT2D eigenvalue weighted by Crippen LogP contribution is -2.49. The van der Waals surface area contributed by atoms with Crippen molar-refractivity contribution >= 4 is 11.8 Å². The van der Waals surface area contributed by atoms with Crippen LogP contribution in [0.4, 0.5) is 0 Å². The molecule has 74 valence electrons. The van der Waals surface area contributed by atoms with E-state index < -0.39 is 0 Å². The van der Waals surface area contributed by atoms with Gasteiger partial charge in [0, 0.05) is 18.9 Å².